The van der Waals surface area contributed by atoms with Crippen LogP contribution < -0.4 is 9.47 Å². The normalized spacial score (nSPS) is 10.6. The lowest BCUT2D eigenvalue weighted by Crippen LogP contribution is -2.27. The van der Waals surface area contributed by atoms with Crippen molar-refractivity contribution >= 4 is 16.8 Å². The number of nitrogens with one attached hydrogen (secondary N) is 1. The number of benzene rings is 2. The second-order valence-corrected chi connectivity index (χ2v) is 5.58. The third-order valence-corrected chi connectivity index (χ3v) is 3.81. The molecule has 6 heteroatoms. The van der Waals surface area contributed by atoms with Gasteiger partial charge in [-0.15, -0.1) is 0 Å². The van der Waals surface area contributed by atoms with E-state index < -0.39 is 0 Å². The molecule has 124 valence electrons. The monoisotopic (exact) mass is 325 g/mol. The molecular weight excluding hydrogens is 306 g/mol. The van der Waals surface area contributed by atoms with Crippen molar-refractivity contribution in [3.8, 4) is 22.6 Å². The fourth-order valence-electron chi connectivity index (χ4n) is 2.44. The van der Waals surface area contributed by atoms with Gasteiger partial charge in [0.25, 0.3) is 5.91 Å². The third kappa shape index (κ3) is 3.03. The van der Waals surface area contributed by atoms with Crippen LogP contribution in [0.2, 0.25) is 0 Å². The Morgan fingerprint density at radius 1 is 1.21 bits per heavy atom. The van der Waals surface area contributed by atoms with Gasteiger partial charge in [0.05, 0.1) is 18.8 Å². The molecule has 0 aliphatic heterocycles. The number of rotatable bonds is 5. The number of likely N-dealkylation sites (N-methyl/N-ethyl adjacent to an activating group) is 1. The van der Waals surface area contributed by atoms with Gasteiger partial charge in [0.1, 0.15) is 0 Å². The van der Waals surface area contributed by atoms with Gasteiger partial charge in [0.2, 0.25) is 0 Å². The van der Waals surface area contributed by atoms with E-state index in [0.717, 1.165) is 22.0 Å². The predicted molar refractivity (Wildman–Crippen MR) is 92.3 cm³/mol. The third-order valence-electron chi connectivity index (χ3n) is 3.81. The molecule has 0 radical (unpaired) electrons. The van der Waals surface area contributed by atoms with Crippen molar-refractivity contribution in [2.24, 2.45) is 0 Å². The van der Waals surface area contributed by atoms with E-state index in [9.17, 15) is 4.79 Å². The molecule has 0 aliphatic carbocycles. The van der Waals surface area contributed by atoms with Crippen molar-refractivity contribution in [2.75, 3.05) is 27.8 Å². The predicted octanol–water partition coefficient (Wildman–Crippen LogP) is 2.71. The van der Waals surface area contributed by atoms with Crippen LogP contribution >= 0.6 is 0 Å². The number of aromatic nitrogens is 2. The van der Waals surface area contributed by atoms with Crippen LogP contribution in [0.1, 0.15) is 0 Å². The van der Waals surface area contributed by atoms with Gasteiger partial charge in [0.15, 0.2) is 18.1 Å². The number of fused-ring (bicyclic) bond motifs is 1. The number of methoxy groups -OCH3 is 1. The molecule has 0 saturated carbocycles. The Morgan fingerprint density at radius 2 is 2.04 bits per heavy atom. The van der Waals surface area contributed by atoms with Crippen molar-refractivity contribution in [2.45, 2.75) is 0 Å². The molecule has 0 fully saturated rings. The van der Waals surface area contributed by atoms with Gasteiger partial charge in [-0.1, -0.05) is 18.2 Å². The summed E-state index contributed by atoms with van der Waals surface area (Å²) in [4.78, 5) is 13.2. The van der Waals surface area contributed by atoms with Crippen molar-refractivity contribution < 1.29 is 14.3 Å². The molecule has 1 amide bonds. The SMILES string of the molecule is COc1cc(-c2cccc3[nH]ncc23)ccc1OCC(=O)N(C)C. The fourth-order valence-corrected chi connectivity index (χ4v) is 2.44. The van der Waals surface area contributed by atoms with E-state index in [2.05, 4.69) is 10.2 Å². The second kappa shape index (κ2) is 6.62. The van der Waals surface area contributed by atoms with Gasteiger partial charge in [0, 0.05) is 19.5 Å². The zero-order valence-corrected chi connectivity index (χ0v) is 13.9. The summed E-state index contributed by atoms with van der Waals surface area (Å²) in [5.41, 5.74) is 3.02. The molecule has 3 aromatic rings. The largest absolute Gasteiger partial charge is 0.493 e. The maximum atomic E-state index is 11.7. The molecule has 24 heavy (non-hydrogen) atoms. The Kier molecular flexibility index (Phi) is 4.37. The minimum atomic E-state index is -0.107. The Morgan fingerprint density at radius 3 is 2.79 bits per heavy atom. The van der Waals surface area contributed by atoms with Gasteiger partial charge in [-0.25, -0.2) is 0 Å². The minimum absolute atomic E-state index is 0.0278. The van der Waals surface area contributed by atoms with Crippen molar-refractivity contribution in [1.29, 1.82) is 0 Å². The number of hydrogen-bond donors (Lipinski definition) is 1. The lowest BCUT2D eigenvalue weighted by atomic mass is 10.0. The lowest BCUT2D eigenvalue weighted by Gasteiger charge is -2.14. The number of carbonyl (C=O) groups excluding carboxylic acids is 1. The second-order valence-electron chi connectivity index (χ2n) is 5.58. The molecule has 0 bridgehead atoms. The molecule has 1 aromatic heterocycles. The van der Waals surface area contributed by atoms with Crippen LogP contribution in [0.25, 0.3) is 22.0 Å². The summed E-state index contributed by atoms with van der Waals surface area (Å²) < 4.78 is 11.0. The molecule has 1 heterocycles. The van der Waals surface area contributed by atoms with Gasteiger partial charge in [-0.3, -0.25) is 9.89 Å². The molecule has 6 nitrogen and oxygen atoms in total. The van der Waals surface area contributed by atoms with E-state index in [-0.39, 0.29) is 12.5 Å². The topological polar surface area (TPSA) is 67.5 Å². The summed E-state index contributed by atoms with van der Waals surface area (Å²) in [5, 5.41) is 8.09. The van der Waals surface area contributed by atoms with Crippen molar-refractivity contribution in [3.05, 3.63) is 42.6 Å². The van der Waals surface area contributed by atoms with Crippen LogP contribution in [0.5, 0.6) is 11.5 Å². The number of carbonyl (C=O) groups is 1. The molecule has 1 N–H and O–H groups in total. The minimum Gasteiger partial charge on any atom is -0.493 e. The standard InChI is InChI=1S/C18H19N3O3/c1-21(2)18(22)11-24-16-8-7-12(9-17(16)23-3)13-5-4-6-15-14(13)10-19-20-15/h4-10H,11H2,1-3H3,(H,19,20). The van der Waals surface area contributed by atoms with E-state index in [1.165, 1.54) is 4.90 Å². The number of ether oxygens (including phenoxy) is 2. The van der Waals surface area contributed by atoms with Crippen LogP contribution in [-0.2, 0) is 4.79 Å². The summed E-state index contributed by atoms with van der Waals surface area (Å²) in [5.74, 6) is 1.01. The summed E-state index contributed by atoms with van der Waals surface area (Å²) in [6, 6.07) is 11.6. The summed E-state index contributed by atoms with van der Waals surface area (Å²) in [7, 11) is 4.97. The van der Waals surface area contributed by atoms with Crippen LogP contribution in [-0.4, -0.2) is 48.8 Å². The number of H-pyrrole nitrogens is 1. The molecular formula is C18H19N3O3. The fraction of sp³-hybridized carbons (Fsp3) is 0.222. The van der Waals surface area contributed by atoms with Crippen molar-refractivity contribution in [1.82, 2.24) is 15.1 Å². The first-order valence-electron chi connectivity index (χ1n) is 7.53. The Bertz CT molecular complexity index is 871. The first-order valence-corrected chi connectivity index (χ1v) is 7.53. The number of amides is 1. The van der Waals surface area contributed by atoms with E-state index >= 15 is 0 Å². The molecule has 0 aliphatic rings. The average Bonchev–Trinajstić information content (AvgIpc) is 3.08. The number of nitrogens with zero attached hydrogens (tertiary/aromatic N) is 2. The summed E-state index contributed by atoms with van der Waals surface area (Å²) in [6.45, 7) is -0.0278. The molecule has 3 rings (SSSR count). The molecule has 0 unspecified atom stereocenters. The van der Waals surface area contributed by atoms with Gasteiger partial charge in [-0.05, 0) is 29.3 Å². The highest BCUT2D eigenvalue weighted by molar-refractivity contribution is 5.94. The highest BCUT2D eigenvalue weighted by atomic mass is 16.5. The van der Waals surface area contributed by atoms with E-state index in [1.807, 2.05) is 36.4 Å². The van der Waals surface area contributed by atoms with E-state index in [0.29, 0.717) is 11.5 Å². The maximum Gasteiger partial charge on any atom is 0.259 e. The Balaban J connectivity index is 1.92. The van der Waals surface area contributed by atoms with Crippen LogP contribution in [0, 0.1) is 0 Å². The van der Waals surface area contributed by atoms with Gasteiger partial charge in [-0.2, -0.15) is 5.10 Å². The first kappa shape index (κ1) is 15.9. The highest BCUT2D eigenvalue weighted by Crippen LogP contribution is 2.35. The Labute approximate surface area is 140 Å². The van der Waals surface area contributed by atoms with Crippen LogP contribution in [0.4, 0.5) is 0 Å². The van der Waals surface area contributed by atoms with Crippen LogP contribution in [0.15, 0.2) is 42.6 Å². The first-order chi connectivity index (χ1) is 11.6. The smallest absolute Gasteiger partial charge is 0.259 e. The zero-order valence-electron chi connectivity index (χ0n) is 13.9. The number of aromatic amines is 1. The molecule has 0 spiro atoms. The maximum absolute atomic E-state index is 11.7. The lowest BCUT2D eigenvalue weighted by molar-refractivity contribution is -0.130. The quantitative estimate of drug-likeness (QED) is 0.783. The van der Waals surface area contributed by atoms with Crippen LogP contribution in [0.3, 0.4) is 0 Å². The number of hydrogen-bond acceptors (Lipinski definition) is 4. The average molecular weight is 325 g/mol. The molecule has 2 aromatic carbocycles. The van der Waals surface area contributed by atoms with Gasteiger partial charge >= 0.3 is 0 Å². The van der Waals surface area contributed by atoms with E-state index in [1.54, 1.807) is 27.4 Å². The highest BCUT2D eigenvalue weighted by Gasteiger charge is 2.12. The van der Waals surface area contributed by atoms with Crippen molar-refractivity contribution in [3.63, 3.8) is 0 Å². The Hall–Kier alpha value is -3.02. The molecule has 0 atom stereocenters. The molecule has 0 saturated heterocycles. The summed E-state index contributed by atoms with van der Waals surface area (Å²) >= 11 is 0. The zero-order chi connectivity index (χ0) is 17.1. The van der Waals surface area contributed by atoms with E-state index in [4.69, 9.17) is 9.47 Å². The van der Waals surface area contributed by atoms with Gasteiger partial charge < -0.3 is 14.4 Å². The summed E-state index contributed by atoms with van der Waals surface area (Å²) in [6.07, 6.45) is 1.80.